The van der Waals surface area contributed by atoms with Crippen LogP contribution in [0.3, 0.4) is 0 Å². The lowest BCUT2D eigenvalue weighted by Gasteiger charge is -2.29. The van der Waals surface area contributed by atoms with Gasteiger partial charge in [0.05, 0.1) is 19.8 Å². The zero-order valence-electron chi connectivity index (χ0n) is 16.5. The molecular weight excluding hydrogens is 350 g/mol. The zero-order valence-corrected chi connectivity index (χ0v) is 16.5. The predicted molar refractivity (Wildman–Crippen MR) is 116 cm³/mol. The number of amides is 1. The van der Waals surface area contributed by atoms with Gasteiger partial charge >= 0.3 is 0 Å². The first-order valence-corrected chi connectivity index (χ1v) is 9.91. The van der Waals surface area contributed by atoms with Crippen molar-refractivity contribution in [3.05, 3.63) is 66.2 Å². The third-order valence-corrected chi connectivity index (χ3v) is 4.82. The minimum atomic E-state index is 0.00841. The number of nitrogens with zero attached hydrogens (tertiary/aromatic N) is 2. The summed E-state index contributed by atoms with van der Waals surface area (Å²) >= 11 is 0. The van der Waals surface area contributed by atoms with E-state index in [2.05, 4.69) is 58.5 Å². The van der Waals surface area contributed by atoms with E-state index in [9.17, 15) is 4.79 Å². The van der Waals surface area contributed by atoms with E-state index in [0.717, 1.165) is 45.1 Å². The van der Waals surface area contributed by atoms with Crippen molar-refractivity contribution < 1.29 is 9.53 Å². The number of carbonyl (C=O) groups is 1. The Balaban J connectivity index is 1.47. The Hall–Kier alpha value is -2.63. The highest BCUT2D eigenvalue weighted by molar-refractivity contribution is 5.92. The lowest BCUT2D eigenvalue weighted by molar-refractivity contribution is -0.117. The molecule has 3 rings (SSSR count). The van der Waals surface area contributed by atoms with Gasteiger partial charge in [0.25, 0.3) is 0 Å². The van der Waals surface area contributed by atoms with E-state index in [4.69, 9.17) is 4.74 Å². The zero-order chi connectivity index (χ0) is 19.6. The molecule has 0 aliphatic carbocycles. The maximum atomic E-state index is 12.4. The molecule has 0 bridgehead atoms. The smallest absolute Gasteiger partial charge is 0.238 e. The molecule has 5 nitrogen and oxygen atoms in total. The van der Waals surface area contributed by atoms with Crippen LogP contribution in [0, 0.1) is 0 Å². The molecule has 0 aromatic heterocycles. The number of benzene rings is 2. The minimum absolute atomic E-state index is 0.00841. The number of likely N-dealkylation sites (N-methyl/N-ethyl adjacent to an activating group) is 1. The number of rotatable bonds is 8. The lowest BCUT2D eigenvalue weighted by atomic mass is 10.2. The van der Waals surface area contributed by atoms with Gasteiger partial charge < -0.3 is 15.0 Å². The number of carbonyl (C=O) groups excluding carboxylic acids is 1. The molecule has 28 heavy (non-hydrogen) atoms. The van der Waals surface area contributed by atoms with Crippen LogP contribution < -0.4 is 10.2 Å². The molecule has 0 atom stereocenters. The van der Waals surface area contributed by atoms with Gasteiger partial charge in [0.15, 0.2) is 0 Å². The fraction of sp³-hybridized carbons (Fsp3) is 0.348. The van der Waals surface area contributed by atoms with E-state index in [1.807, 2.05) is 30.3 Å². The number of hydrogen-bond donors (Lipinski definition) is 1. The van der Waals surface area contributed by atoms with Crippen molar-refractivity contribution in [3.8, 4) is 0 Å². The van der Waals surface area contributed by atoms with Gasteiger partial charge in [-0.2, -0.15) is 0 Å². The van der Waals surface area contributed by atoms with Crippen LogP contribution >= 0.6 is 0 Å². The summed E-state index contributed by atoms with van der Waals surface area (Å²) in [6.07, 6.45) is 4.19. The van der Waals surface area contributed by atoms with Crippen molar-refractivity contribution in [2.24, 2.45) is 0 Å². The minimum Gasteiger partial charge on any atom is -0.378 e. The highest BCUT2D eigenvalue weighted by Gasteiger charge is 2.12. The standard InChI is InChI=1S/C23H29N3O2/c1-2-25(14-6-9-20-7-4-3-5-8-20)19-23(27)24-21-10-12-22(13-11-21)26-15-17-28-18-16-26/h3-13H,2,14-19H2,1H3,(H,24,27)/b9-6+. The molecule has 1 N–H and O–H groups in total. The molecule has 0 spiro atoms. The Bertz CT molecular complexity index is 753. The molecule has 2 aromatic carbocycles. The molecule has 2 aromatic rings. The fourth-order valence-electron chi connectivity index (χ4n) is 3.19. The summed E-state index contributed by atoms with van der Waals surface area (Å²) in [7, 11) is 0. The van der Waals surface area contributed by atoms with E-state index < -0.39 is 0 Å². The van der Waals surface area contributed by atoms with E-state index >= 15 is 0 Å². The molecular formula is C23H29N3O2. The molecule has 0 unspecified atom stereocenters. The molecule has 1 saturated heterocycles. The maximum Gasteiger partial charge on any atom is 0.238 e. The molecule has 1 fully saturated rings. The van der Waals surface area contributed by atoms with Crippen LogP contribution in [0.5, 0.6) is 0 Å². The van der Waals surface area contributed by atoms with Crippen molar-refractivity contribution >= 4 is 23.4 Å². The largest absolute Gasteiger partial charge is 0.378 e. The third-order valence-electron chi connectivity index (χ3n) is 4.82. The molecule has 0 radical (unpaired) electrons. The predicted octanol–water partition coefficient (Wildman–Crippen LogP) is 3.50. The summed E-state index contributed by atoms with van der Waals surface area (Å²) in [4.78, 5) is 16.8. The third kappa shape index (κ3) is 6.22. The highest BCUT2D eigenvalue weighted by Crippen LogP contribution is 2.19. The van der Waals surface area contributed by atoms with Gasteiger partial charge in [0.1, 0.15) is 0 Å². The highest BCUT2D eigenvalue weighted by atomic mass is 16.5. The van der Waals surface area contributed by atoms with Crippen LogP contribution in [0.15, 0.2) is 60.7 Å². The lowest BCUT2D eigenvalue weighted by Crippen LogP contribution is -2.36. The van der Waals surface area contributed by atoms with Gasteiger partial charge in [-0.25, -0.2) is 0 Å². The second-order valence-electron chi connectivity index (χ2n) is 6.84. The summed E-state index contributed by atoms with van der Waals surface area (Å²) in [6, 6.07) is 18.2. The van der Waals surface area contributed by atoms with E-state index in [1.54, 1.807) is 0 Å². The first-order valence-electron chi connectivity index (χ1n) is 9.91. The van der Waals surface area contributed by atoms with Crippen molar-refractivity contribution in [2.75, 3.05) is 56.2 Å². The number of hydrogen-bond acceptors (Lipinski definition) is 4. The molecule has 1 aliphatic rings. The number of morpholine rings is 1. The van der Waals surface area contributed by atoms with Crippen LogP contribution in [-0.2, 0) is 9.53 Å². The Morgan fingerprint density at radius 3 is 2.50 bits per heavy atom. The first kappa shape index (κ1) is 20.1. The van der Waals surface area contributed by atoms with Gasteiger partial charge in [-0.15, -0.1) is 0 Å². The van der Waals surface area contributed by atoms with Gasteiger partial charge in [-0.1, -0.05) is 49.4 Å². The van der Waals surface area contributed by atoms with Crippen LogP contribution in [0.4, 0.5) is 11.4 Å². The van der Waals surface area contributed by atoms with Crippen LogP contribution in [-0.4, -0.2) is 56.7 Å². The number of ether oxygens (including phenoxy) is 1. The first-order chi connectivity index (χ1) is 13.7. The van der Waals surface area contributed by atoms with Crippen LogP contribution in [0.25, 0.3) is 6.08 Å². The number of nitrogens with one attached hydrogen (secondary N) is 1. The average Bonchev–Trinajstić information content (AvgIpc) is 2.75. The van der Waals surface area contributed by atoms with Crippen molar-refractivity contribution in [2.45, 2.75) is 6.92 Å². The summed E-state index contributed by atoms with van der Waals surface area (Å²) in [6.45, 7) is 7.37. The van der Waals surface area contributed by atoms with E-state index in [0.29, 0.717) is 6.54 Å². The molecule has 148 valence electrons. The molecule has 0 saturated carbocycles. The molecule has 1 heterocycles. The topological polar surface area (TPSA) is 44.8 Å². The van der Waals surface area contributed by atoms with E-state index in [1.165, 1.54) is 11.3 Å². The summed E-state index contributed by atoms with van der Waals surface area (Å²) in [5.41, 5.74) is 3.17. The Labute approximate surface area is 167 Å². The molecule has 1 aliphatic heterocycles. The second-order valence-corrected chi connectivity index (χ2v) is 6.84. The maximum absolute atomic E-state index is 12.4. The van der Waals surface area contributed by atoms with Gasteiger partial charge in [0, 0.05) is 31.0 Å². The van der Waals surface area contributed by atoms with Crippen molar-refractivity contribution in [1.29, 1.82) is 0 Å². The Morgan fingerprint density at radius 1 is 1.11 bits per heavy atom. The monoisotopic (exact) mass is 379 g/mol. The van der Waals surface area contributed by atoms with Gasteiger partial charge in [-0.3, -0.25) is 9.69 Å². The normalized spacial score (nSPS) is 14.6. The summed E-state index contributed by atoms with van der Waals surface area (Å²) < 4.78 is 5.39. The van der Waals surface area contributed by atoms with E-state index in [-0.39, 0.29) is 5.91 Å². The van der Waals surface area contributed by atoms with Crippen molar-refractivity contribution in [3.63, 3.8) is 0 Å². The fourth-order valence-corrected chi connectivity index (χ4v) is 3.19. The van der Waals surface area contributed by atoms with Crippen LogP contribution in [0.1, 0.15) is 12.5 Å². The second kappa shape index (κ2) is 10.6. The number of anilines is 2. The van der Waals surface area contributed by atoms with Crippen LogP contribution in [0.2, 0.25) is 0 Å². The Morgan fingerprint density at radius 2 is 1.82 bits per heavy atom. The quantitative estimate of drug-likeness (QED) is 0.763. The molecule has 5 heteroatoms. The summed E-state index contributed by atoms with van der Waals surface area (Å²) in [5, 5.41) is 3.00. The summed E-state index contributed by atoms with van der Waals surface area (Å²) in [5.74, 6) is 0.00841. The van der Waals surface area contributed by atoms with Crippen molar-refractivity contribution in [1.82, 2.24) is 4.90 Å². The van der Waals surface area contributed by atoms with Gasteiger partial charge in [-0.05, 0) is 36.4 Å². The SMILES string of the molecule is CCN(C/C=C/c1ccccc1)CC(=O)Nc1ccc(N2CCOCC2)cc1. The van der Waals surface area contributed by atoms with Gasteiger partial charge in [0.2, 0.25) is 5.91 Å². The molecule has 1 amide bonds. The Kier molecular flexibility index (Phi) is 7.64. The average molecular weight is 380 g/mol.